The first-order valence-corrected chi connectivity index (χ1v) is 11.6. The summed E-state index contributed by atoms with van der Waals surface area (Å²) in [4.78, 5) is 0. The Labute approximate surface area is 199 Å². The minimum atomic E-state index is -5.18. The van der Waals surface area contributed by atoms with E-state index in [1.807, 2.05) is 6.08 Å². The van der Waals surface area contributed by atoms with E-state index in [-0.39, 0.29) is 17.8 Å². The van der Waals surface area contributed by atoms with Crippen molar-refractivity contribution < 1.29 is 40.6 Å². The van der Waals surface area contributed by atoms with Crippen LogP contribution >= 0.6 is 0 Å². The molecule has 9 heteroatoms. The second-order valence-corrected chi connectivity index (χ2v) is 8.94. The van der Waals surface area contributed by atoms with E-state index in [1.54, 1.807) is 6.07 Å². The van der Waals surface area contributed by atoms with Crippen LogP contribution in [0.25, 0.3) is 16.7 Å². The number of allylic oxidation sites excluding steroid dienone is 2. The summed E-state index contributed by atoms with van der Waals surface area (Å²) in [6, 6.07) is 5.59. The molecule has 0 spiro atoms. The maximum Gasteiger partial charge on any atom is 0.573 e. The van der Waals surface area contributed by atoms with E-state index < -0.39 is 35.1 Å². The molecule has 0 radical (unpaired) electrons. The molecule has 1 fully saturated rings. The lowest BCUT2D eigenvalue weighted by molar-refractivity contribution is -0.275. The molecule has 1 atom stereocenters. The van der Waals surface area contributed by atoms with Gasteiger partial charge in [-0.1, -0.05) is 31.6 Å². The third-order valence-electron chi connectivity index (χ3n) is 6.43. The van der Waals surface area contributed by atoms with E-state index >= 15 is 0 Å². The molecule has 0 saturated carbocycles. The highest BCUT2D eigenvalue weighted by Gasteiger charge is 2.34. The van der Waals surface area contributed by atoms with Gasteiger partial charge in [0.15, 0.2) is 17.9 Å². The van der Waals surface area contributed by atoms with E-state index in [0.717, 1.165) is 30.9 Å². The van der Waals surface area contributed by atoms with Crippen molar-refractivity contribution in [1.82, 2.24) is 0 Å². The molecule has 190 valence electrons. The third-order valence-corrected chi connectivity index (χ3v) is 6.43. The molecule has 2 aliphatic rings. The summed E-state index contributed by atoms with van der Waals surface area (Å²) in [6.45, 7) is 3.52. The molecule has 1 heterocycles. The first-order valence-electron chi connectivity index (χ1n) is 11.6. The van der Waals surface area contributed by atoms with E-state index in [9.17, 15) is 26.3 Å². The topological polar surface area (TPSA) is 27.7 Å². The van der Waals surface area contributed by atoms with Gasteiger partial charge < -0.3 is 14.2 Å². The Bertz CT molecular complexity index is 1070. The molecule has 2 aromatic rings. The molecular weight excluding hydrogens is 474 g/mol. The van der Waals surface area contributed by atoms with Gasteiger partial charge in [0.1, 0.15) is 5.82 Å². The smallest absolute Gasteiger partial charge is 0.403 e. The Hall–Kier alpha value is -2.52. The second kappa shape index (κ2) is 10.6. The lowest BCUT2D eigenvalue weighted by Crippen LogP contribution is -2.37. The molecule has 3 nitrogen and oxygen atoms in total. The van der Waals surface area contributed by atoms with Crippen LogP contribution in [0.15, 0.2) is 36.4 Å². The Balaban J connectivity index is 1.45. The standard InChI is InChI=1S/C26H26F6O3/c1-2-3-15-13-33-25(34-14-15)17-6-4-16(5-7-17)18-8-9-19(21(27)12-18)20-10-11-22(24(29)23(20)28)35-26(30,31)32/h4,8-12,15,17,25H,2-3,5-7,13-14H2,1H3. The summed E-state index contributed by atoms with van der Waals surface area (Å²) in [6.07, 6.45) is 0.941. The maximum absolute atomic E-state index is 14.9. The summed E-state index contributed by atoms with van der Waals surface area (Å²) in [7, 11) is 0. The largest absolute Gasteiger partial charge is 0.573 e. The fraction of sp³-hybridized carbons (Fsp3) is 0.462. The zero-order chi connectivity index (χ0) is 25.2. The van der Waals surface area contributed by atoms with E-state index in [4.69, 9.17) is 9.47 Å². The van der Waals surface area contributed by atoms with Gasteiger partial charge in [-0.15, -0.1) is 13.2 Å². The number of rotatable bonds is 6. The van der Waals surface area contributed by atoms with Gasteiger partial charge in [-0.25, -0.2) is 8.78 Å². The van der Waals surface area contributed by atoms with Gasteiger partial charge in [0, 0.05) is 23.0 Å². The lowest BCUT2D eigenvalue weighted by atomic mass is 9.85. The number of halogens is 6. The van der Waals surface area contributed by atoms with Crippen LogP contribution < -0.4 is 4.74 Å². The van der Waals surface area contributed by atoms with Gasteiger partial charge in [-0.3, -0.25) is 0 Å². The molecule has 0 aromatic heterocycles. The van der Waals surface area contributed by atoms with Crippen LogP contribution in [0, 0.1) is 29.3 Å². The Kier molecular flexibility index (Phi) is 7.76. The van der Waals surface area contributed by atoms with Crippen molar-refractivity contribution in [1.29, 1.82) is 0 Å². The number of alkyl halides is 3. The summed E-state index contributed by atoms with van der Waals surface area (Å²) in [5.74, 6) is -4.94. The van der Waals surface area contributed by atoms with Crippen molar-refractivity contribution in [2.45, 2.75) is 51.7 Å². The molecule has 0 amide bonds. The monoisotopic (exact) mass is 500 g/mol. The molecule has 2 aromatic carbocycles. The Morgan fingerprint density at radius 2 is 1.69 bits per heavy atom. The molecule has 1 unspecified atom stereocenters. The predicted octanol–water partition coefficient (Wildman–Crippen LogP) is 7.64. The van der Waals surface area contributed by atoms with Gasteiger partial charge >= 0.3 is 6.36 Å². The van der Waals surface area contributed by atoms with Gasteiger partial charge in [0.2, 0.25) is 5.82 Å². The Morgan fingerprint density at radius 1 is 0.971 bits per heavy atom. The fourth-order valence-electron chi connectivity index (χ4n) is 4.65. The number of hydrogen-bond donors (Lipinski definition) is 0. The van der Waals surface area contributed by atoms with Gasteiger partial charge in [0.25, 0.3) is 0 Å². The third kappa shape index (κ3) is 6.01. The van der Waals surface area contributed by atoms with Gasteiger partial charge in [-0.05, 0) is 55.0 Å². The van der Waals surface area contributed by atoms with Gasteiger partial charge in [-0.2, -0.15) is 4.39 Å². The van der Waals surface area contributed by atoms with E-state index in [0.29, 0.717) is 43.6 Å². The molecular formula is C26H26F6O3. The average molecular weight is 500 g/mol. The molecule has 0 N–H and O–H groups in total. The summed E-state index contributed by atoms with van der Waals surface area (Å²) < 4.78 is 95.7. The SMILES string of the molecule is CCCC1COC(C2CC=C(c3ccc(-c4ccc(OC(F)(F)F)c(F)c4F)c(F)c3)CC2)OC1. The minimum absolute atomic E-state index is 0.208. The first kappa shape index (κ1) is 25.6. The molecule has 1 aliphatic heterocycles. The fourth-order valence-corrected chi connectivity index (χ4v) is 4.65. The normalized spacial score (nSPS) is 23.2. The summed E-state index contributed by atoms with van der Waals surface area (Å²) in [5, 5.41) is 0. The quantitative estimate of drug-likeness (QED) is 0.382. The first-order chi connectivity index (χ1) is 16.7. The van der Waals surface area contributed by atoms with E-state index in [2.05, 4.69) is 11.7 Å². The predicted molar refractivity (Wildman–Crippen MR) is 118 cm³/mol. The average Bonchev–Trinajstić information content (AvgIpc) is 2.83. The number of hydrogen-bond acceptors (Lipinski definition) is 3. The zero-order valence-electron chi connectivity index (χ0n) is 19.1. The molecule has 1 saturated heterocycles. The minimum Gasteiger partial charge on any atom is -0.403 e. The molecule has 4 rings (SSSR count). The van der Waals surface area contributed by atoms with Crippen molar-refractivity contribution in [2.75, 3.05) is 13.2 Å². The van der Waals surface area contributed by atoms with Crippen LogP contribution in [0.2, 0.25) is 0 Å². The second-order valence-electron chi connectivity index (χ2n) is 8.94. The molecule has 35 heavy (non-hydrogen) atoms. The van der Waals surface area contributed by atoms with Crippen LogP contribution in [0.1, 0.15) is 44.6 Å². The Morgan fingerprint density at radius 3 is 2.29 bits per heavy atom. The summed E-state index contributed by atoms with van der Waals surface area (Å²) >= 11 is 0. The van der Waals surface area contributed by atoms with Crippen LogP contribution in [0.3, 0.4) is 0 Å². The van der Waals surface area contributed by atoms with Crippen molar-refractivity contribution in [2.24, 2.45) is 11.8 Å². The van der Waals surface area contributed by atoms with Crippen molar-refractivity contribution in [3.63, 3.8) is 0 Å². The number of benzene rings is 2. The van der Waals surface area contributed by atoms with Crippen LogP contribution in [0.5, 0.6) is 5.75 Å². The molecule has 1 aliphatic carbocycles. The van der Waals surface area contributed by atoms with E-state index in [1.165, 1.54) is 12.1 Å². The summed E-state index contributed by atoms with van der Waals surface area (Å²) in [5.41, 5.74) is 0.776. The van der Waals surface area contributed by atoms with Crippen molar-refractivity contribution in [3.05, 3.63) is 59.4 Å². The lowest BCUT2D eigenvalue weighted by Gasteiger charge is -2.35. The highest BCUT2D eigenvalue weighted by atomic mass is 19.4. The molecule has 0 bridgehead atoms. The highest BCUT2D eigenvalue weighted by molar-refractivity contribution is 5.72. The van der Waals surface area contributed by atoms with Crippen LogP contribution in [0.4, 0.5) is 26.3 Å². The van der Waals surface area contributed by atoms with Crippen LogP contribution in [-0.2, 0) is 9.47 Å². The highest BCUT2D eigenvalue weighted by Crippen LogP contribution is 2.38. The maximum atomic E-state index is 14.9. The van der Waals surface area contributed by atoms with Crippen molar-refractivity contribution in [3.8, 4) is 16.9 Å². The zero-order valence-corrected chi connectivity index (χ0v) is 19.1. The van der Waals surface area contributed by atoms with Crippen molar-refractivity contribution >= 4 is 5.57 Å². The van der Waals surface area contributed by atoms with Gasteiger partial charge in [0.05, 0.1) is 13.2 Å². The van der Waals surface area contributed by atoms with Crippen LogP contribution in [-0.4, -0.2) is 25.9 Å². The number of ether oxygens (including phenoxy) is 3.